The number of nitrogens with zero attached hydrogens (tertiary/aromatic N) is 1. The van der Waals surface area contributed by atoms with Crippen molar-refractivity contribution < 1.29 is 0 Å². The summed E-state index contributed by atoms with van der Waals surface area (Å²) in [7, 11) is 0. The van der Waals surface area contributed by atoms with E-state index >= 15 is 0 Å². The number of thiocarbonyl (C=S) groups is 1. The fourth-order valence-corrected chi connectivity index (χ4v) is 2.45. The van der Waals surface area contributed by atoms with Gasteiger partial charge in [-0.2, -0.15) is 0 Å². The van der Waals surface area contributed by atoms with E-state index in [0.29, 0.717) is 4.99 Å². The van der Waals surface area contributed by atoms with Crippen LogP contribution in [0.1, 0.15) is 43.9 Å². The Kier molecular flexibility index (Phi) is 3.74. The molecule has 1 aliphatic heterocycles. The van der Waals surface area contributed by atoms with E-state index in [-0.39, 0.29) is 5.41 Å². The van der Waals surface area contributed by atoms with Gasteiger partial charge in [0.2, 0.25) is 0 Å². The zero-order chi connectivity index (χ0) is 13.3. The number of benzene rings is 1. The largest absolute Gasteiger partial charge is 0.393 e. The minimum absolute atomic E-state index is 0.223. The van der Waals surface area contributed by atoms with E-state index in [1.165, 1.54) is 16.7 Å². The molecule has 1 aromatic carbocycles. The third kappa shape index (κ3) is 3.09. The summed E-state index contributed by atoms with van der Waals surface area (Å²) in [6.07, 6.45) is 0.815. The zero-order valence-corrected chi connectivity index (χ0v) is 12.3. The summed E-state index contributed by atoms with van der Waals surface area (Å²) in [4.78, 5) is 3.03. The van der Waals surface area contributed by atoms with Crippen molar-refractivity contribution in [3.63, 3.8) is 0 Å². The quantitative estimate of drug-likeness (QED) is 0.849. The SMILES string of the molecule is CC(C)(C)c1ccc2c(c1)CN(CCC(N)=S)C2. The lowest BCUT2D eigenvalue weighted by Gasteiger charge is -2.19. The molecule has 1 aromatic rings. The Bertz CT molecular complexity index is 460. The lowest BCUT2D eigenvalue weighted by Crippen LogP contribution is -2.22. The first kappa shape index (κ1) is 13.5. The molecule has 0 aliphatic carbocycles. The molecule has 0 amide bonds. The van der Waals surface area contributed by atoms with Gasteiger partial charge in [-0.3, -0.25) is 4.90 Å². The van der Waals surface area contributed by atoms with Gasteiger partial charge in [0.05, 0.1) is 4.99 Å². The summed E-state index contributed by atoms with van der Waals surface area (Å²) in [5.41, 5.74) is 10.1. The number of fused-ring (bicyclic) bond motifs is 1. The van der Waals surface area contributed by atoms with Crippen LogP contribution in [0.4, 0.5) is 0 Å². The third-order valence-corrected chi connectivity index (χ3v) is 3.74. The summed E-state index contributed by atoms with van der Waals surface area (Å²) in [6.45, 7) is 9.80. The predicted molar refractivity (Wildman–Crippen MR) is 80.7 cm³/mol. The van der Waals surface area contributed by atoms with Gasteiger partial charge in [0.1, 0.15) is 0 Å². The summed E-state index contributed by atoms with van der Waals surface area (Å²) < 4.78 is 0. The van der Waals surface area contributed by atoms with Gasteiger partial charge in [-0.15, -0.1) is 0 Å². The van der Waals surface area contributed by atoms with Crippen LogP contribution in [0.5, 0.6) is 0 Å². The molecule has 0 spiro atoms. The van der Waals surface area contributed by atoms with E-state index in [1.54, 1.807) is 0 Å². The highest BCUT2D eigenvalue weighted by atomic mass is 32.1. The zero-order valence-electron chi connectivity index (χ0n) is 11.5. The molecule has 0 aromatic heterocycles. The minimum atomic E-state index is 0.223. The fraction of sp³-hybridized carbons (Fsp3) is 0.533. The fourth-order valence-electron chi connectivity index (χ4n) is 2.36. The molecule has 0 bridgehead atoms. The van der Waals surface area contributed by atoms with Crippen LogP contribution in [0, 0.1) is 0 Å². The molecule has 0 unspecified atom stereocenters. The highest BCUT2D eigenvalue weighted by molar-refractivity contribution is 7.80. The van der Waals surface area contributed by atoms with E-state index < -0.39 is 0 Å². The van der Waals surface area contributed by atoms with Crippen LogP contribution in [0.15, 0.2) is 18.2 Å². The molecule has 18 heavy (non-hydrogen) atoms. The molecule has 0 saturated heterocycles. The Balaban J connectivity index is 2.08. The number of hydrogen-bond acceptors (Lipinski definition) is 2. The van der Waals surface area contributed by atoms with E-state index in [9.17, 15) is 0 Å². The summed E-state index contributed by atoms with van der Waals surface area (Å²) in [5, 5.41) is 0. The second-order valence-corrected chi connectivity index (χ2v) is 6.68. The highest BCUT2D eigenvalue weighted by Gasteiger charge is 2.21. The predicted octanol–water partition coefficient (Wildman–Crippen LogP) is 2.98. The van der Waals surface area contributed by atoms with Crippen molar-refractivity contribution >= 4 is 17.2 Å². The topological polar surface area (TPSA) is 29.3 Å². The van der Waals surface area contributed by atoms with Gasteiger partial charge < -0.3 is 5.73 Å². The van der Waals surface area contributed by atoms with Gasteiger partial charge in [0, 0.05) is 26.1 Å². The Morgan fingerprint density at radius 2 is 1.94 bits per heavy atom. The summed E-state index contributed by atoms with van der Waals surface area (Å²) in [5.74, 6) is 0. The molecule has 2 N–H and O–H groups in total. The van der Waals surface area contributed by atoms with Crippen LogP contribution in [-0.4, -0.2) is 16.4 Å². The van der Waals surface area contributed by atoms with E-state index in [4.69, 9.17) is 18.0 Å². The standard InChI is InChI=1S/C15H22N2S/c1-15(2,3)13-5-4-11-9-17(7-6-14(16)18)10-12(11)8-13/h4-5,8H,6-7,9-10H2,1-3H3,(H2,16,18). The first-order chi connectivity index (χ1) is 8.36. The van der Waals surface area contributed by atoms with Gasteiger partial charge in [-0.25, -0.2) is 0 Å². The smallest absolute Gasteiger partial charge is 0.0740 e. The van der Waals surface area contributed by atoms with Crippen LogP contribution in [0.3, 0.4) is 0 Å². The number of nitrogens with two attached hydrogens (primary N) is 1. The van der Waals surface area contributed by atoms with Crippen LogP contribution in [0.25, 0.3) is 0 Å². The molecular formula is C15H22N2S. The molecule has 1 aliphatic rings. The number of hydrogen-bond donors (Lipinski definition) is 1. The van der Waals surface area contributed by atoms with E-state index in [2.05, 4.69) is 43.9 Å². The molecule has 2 nitrogen and oxygen atoms in total. The Labute approximate surface area is 115 Å². The Morgan fingerprint density at radius 3 is 2.56 bits per heavy atom. The van der Waals surface area contributed by atoms with Gasteiger partial charge >= 0.3 is 0 Å². The lowest BCUT2D eigenvalue weighted by atomic mass is 9.85. The molecule has 2 rings (SSSR count). The average Bonchev–Trinajstić information content (AvgIpc) is 2.66. The average molecular weight is 262 g/mol. The van der Waals surface area contributed by atoms with Crippen LogP contribution in [0.2, 0.25) is 0 Å². The molecule has 0 atom stereocenters. The molecule has 1 heterocycles. The number of rotatable bonds is 3. The van der Waals surface area contributed by atoms with Crippen molar-refractivity contribution in [2.75, 3.05) is 6.54 Å². The van der Waals surface area contributed by atoms with Gasteiger partial charge in [-0.05, 0) is 22.1 Å². The maximum absolute atomic E-state index is 5.56. The maximum Gasteiger partial charge on any atom is 0.0740 e. The van der Waals surface area contributed by atoms with Crippen molar-refractivity contribution in [3.05, 3.63) is 34.9 Å². The molecule has 0 radical (unpaired) electrons. The van der Waals surface area contributed by atoms with Gasteiger partial charge in [0.25, 0.3) is 0 Å². The van der Waals surface area contributed by atoms with Crippen LogP contribution >= 0.6 is 12.2 Å². The first-order valence-electron chi connectivity index (χ1n) is 6.49. The van der Waals surface area contributed by atoms with Crippen molar-refractivity contribution in [2.45, 2.75) is 45.7 Å². The molecule has 0 saturated carbocycles. The van der Waals surface area contributed by atoms with Gasteiger partial charge in [-0.1, -0.05) is 51.2 Å². The Morgan fingerprint density at radius 1 is 1.28 bits per heavy atom. The second kappa shape index (κ2) is 4.98. The monoisotopic (exact) mass is 262 g/mol. The summed E-state index contributed by atoms with van der Waals surface area (Å²) in [6, 6.07) is 6.89. The molecule has 3 heteroatoms. The first-order valence-corrected chi connectivity index (χ1v) is 6.90. The maximum atomic E-state index is 5.56. The Hall–Kier alpha value is -0.930. The van der Waals surface area contributed by atoms with Gasteiger partial charge in [0.15, 0.2) is 0 Å². The summed E-state index contributed by atoms with van der Waals surface area (Å²) >= 11 is 4.94. The van der Waals surface area contributed by atoms with Crippen molar-refractivity contribution in [1.29, 1.82) is 0 Å². The van der Waals surface area contributed by atoms with Crippen molar-refractivity contribution in [1.82, 2.24) is 4.90 Å². The van der Waals surface area contributed by atoms with Crippen LogP contribution in [-0.2, 0) is 18.5 Å². The van der Waals surface area contributed by atoms with E-state index in [0.717, 1.165) is 26.1 Å². The minimum Gasteiger partial charge on any atom is -0.393 e. The normalized spacial score (nSPS) is 15.7. The van der Waals surface area contributed by atoms with Crippen LogP contribution < -0.4 is 5.73 Å². The highest BCUT2D eigenvalue weighted by Crippen LogP contribution is 2.29. The van der Waals surface area contributed by atoms with Crippen molar-refractivity contribution in [2.24, 2.45) is 5.73 Å². The molecular weight excluding hydrogens is 240 g/mol. The molecule has 98 valence electrons. The molecule has 0 fully saturated rings. The second-order valence-electron chi connectivity index (χ2n) is 6.16. The van der Waals surface area contributed by atoms with Crippen molar-refractivity contribution in [3.8, 4) is 0 Å². The third-order valence-electron chi connectivity index (χ3n) is 3.53. The lowest BCUT2D eigenvalue weighted by molar-refractivity contribution is 0.293. The van der Waals surface area contributed by atoms with E-state index in [1.807, 2.05) is 0 Å².